The van der Waals surface area contributed by atoms with E-state index in [1.54, 1.807) is 7.11 Å². The topological polar surface area (TPSA) is 38.7 Å². The third kappa shape index (κ3) is 4.50. The Hall–Kier alpha value is -2.00. The summed E-state index contributed by atoms with van der Waals surface area (Å²) in [4.78, 5) is 0. The molecule has 0 fully saturated rings. The van der Waals surface area contributed by atoms with Gasteiger partial charge in [0.15, 0.2) is 0 Å². The van der Waals surface area contributed by atoms with E-state index in [9.17, 15) is 5.11 Å². The van der Waals surface area contributed by atoms with Crippen molar-refractivity contribution in [2.45, 2.75) is 25.9 Å². The molecule has 3 nitrogen and oxygen atoms in total. The van der Waals surface area contributed by atoms with E-state index in [0.29, 0.717) is 13.0 Å². The smallest absolute Gasteiger partial charge is 0.119 e. The Balaban J connectivity index is 2.00. The number of ether oxygens (including phenoxy) is 2. The fourth-order valence-electron chi connectivity index (χ4n) is 2.15. The minimum absolute atomic E-state index is 0.530. The predicted octanol–water partition coefficient (Wildman–Crippen LogP) is 3.76. The third-order valence-corrected chi connectivity index (χ3v) is 3.30. The maximum absolute atomic E-state index is 10.3. The van der Waals surface area contributed by atoms with Gasteiger partial charge in [-0.2, -0.15) is 0 Å². The molecule has 0 amide bonds. The van der Waals surface area contributed by atoms with Crippen molar-refractivity contribution in [1.82, 2.24) is 0 Å². The lowest BCUT2D eigenvalue weighted by Gasteiger charge is -2.13. The molecule has 0 aromatic heterocycles. The van der Waals surface area contributed by atoms with Crippen LogP contribution in [-0.4, -0.2) is 18.8 Å². The summed E-state index contributed by atoms with van der Waals surface area (Å²) in [6.45, 7) is 2.79. The van der Waals surface area contributed by atoms with Crippen LogP contribution in [0.3, 0.4) is 0 Å². The Kier molecular flexibility index (Phi) is 5.64. The molecule has 0 heterocycles. The first-order chi connectivity index (χ1) is 10.2. The number of methoxy groups -OCH3 is 1. The van der Waals surface area contributed by atoms with Crippen LogP contribution < -0.4 is 9.47 Å². The Bertz CT molecular complexity index is 549. The normalized spacial score (nSPS) is 12.0. The molecule has 2 aromatic rings. The number of aliphatic hydroxyl groups excluding tert-OH is 1. The van der Waals surface area contributed by atoms with Gasteiger partial charge >= 0.3 is 0 Å². The van der Waals surface area contributed by atoms with Gasteiger partial charge in [0.2, 0.25) is 0 Å². The van der Waals surface area contributed by atoms with Gasteiger partial charge in [0.1, 0.15) is 11.5 Å². The van der Waals surface area contributed by atoms with Crippen molar-refractivity contribution in [2.24, 2.45) is 0 Å². The minimum Gasteiger partial charge on any atom is -0.497 e. The average molecular weight is 286 g/mol. The Morgan fingerprint density at radius 2 is 1.81 bits per heavy atom. The average Bonchev–Trinajstić information content (AvgIpc) is 2.53. The predicted molar refractivity (Wildman–Crippen MR) is 83.9 cm³/mol. The zero-order chi connectivity index (χ0) is 15.1. The van der Waals surface area contributed by atoms with Gasteiger partial charge in [0.25, 0.3) is 0 Å². The SMILES string of the molecule is CCCOc1ccc(C(O)Cc2cccc(OC)c2)cc1. The monoisotopic (exact) mass is 286 g/mol. The molecule has 1 unspecified atom stereocenters. The number of hydrogen-bond acceptors (Lipinski definition) is 3. The molecule has 1 atom stereocenters. The zero-order valence-corrected chi connectivity index (χ0v) is 12.6. The molecular weight excluding hydrogens is 264 g/mol. The van der Waals surface area contributed by atoms with Crippen molar-refractivity contribution >= 4 is 0 Å². The van der Waals surface area contributed by atoms with Crippen LogP contribution in [0.15, 0.2) is 48.5 Å². The molecule has 3 heteroatoms. The molecule has 0 spiro atoms. The molecule has 0 bridgehead atoms. The second kappa shape index (κ2) is 7.70. The van der Waals surface area contributed by atoms with Gasteiger partial charge in [-0.05, 0) is 41.8 Å². The summed E-state index contributed by atoms with van der Waals surface area (Å²) in [5.41, 5.74) is 1.94. The maximum Gasteiger partial charge on any atom is 0.119 e. The van der Waals surface area contributed by atoms with E-state index in [-0.39, 0.29) is 0 Å². The lowest BCUT2D eigenvalue weighted by atomic mass is 10.0. The van der Waals surface area contributed by atoms with E-state index in [1.807, 2.05) is 48.5 Å². The molecule has 0 aliphatic rings. The highest BCUT2D eigenvalue weighted by molar-refractivity contribution is 5.32. The fraction of sp³-hybridized carbons (Fsp3) is 0.333. The van der Waals surface area contributed by atoms with Crippen molar-refractivity contribution in [2.75, 3.05) is 13.7 Å². The maximum atomic E-state index is 10.3. The Morgan fingerprint density at radius 3 is 2.48 bits per heavy atom. The summed E-state index contributed by atoms with van der Waals surface area (Å²) >= 11 is 0. The van der Waals surface area contributed by atoms with Crippen molar-refractivity contribution in [3.63, 3.8) is 0 Å². The second-order valence-corrected chi connectivity index (χ2v) is 4.99. The van der Waals surface area contributed by atoms with E-state index < -0.39 is 6.10 Å². The van der Waals surface area contributed by atoms with Gasteiger partial charge in [-0.25, -0.2) is 0 Å². The van der Waals surface area contributed by atoms with Crippen LogP contribution >= 0.6 is 0 Å². The van der Waals surface area contributed by atoms with Crippen LogP contribution in [0.5, 0.6) is 11.5 Å². The molecule has 0 aliphatic heterocycles. The quantitative estimate of drug-likeness (QED) is 0.842. The van der Waals surface area contributed by atoms with Crippen LogP contribution in [0.4, 0.5) is 0 Å². The summed E-state index contributed by atoms with van der Waals surface area (Å²) in [5, 5.41) is 10.3. The summed E-state index contributed by atoms with van der Waals surface area (Å²) in [7, 11) is 1.64. The van der Waals surface area contributed by atoms with Crippen LogP contribution in [0.2, 0.25) is 0 Å². The summed E-state index contributed by atoms with van der Waals surface area (Å²) in [5.74, 6) is 1.65. The van der Waals surface area contributed by atoms with Crippen molar-refractivity contribution in [3.05, 3.63) is 59.7 Å². The lowest BCUT2D eigenvalue weighted by Crippen LogP contribution is -2.02. The number of hydrogen-bond donors (Lipinski definition) is 1. The Morgan fingerprint density at radius 1 is 1.05 bits per heavy atom. The highest BCUT2D eigenvalue weighted by atomic mass is 16.5. The lowest BCUT2D eigenvalue weighted by molar-refractivity contribution is 0.178. The molecule has 0 saturated carbocycles. The summed E-state index contributed by atoms with van der Waals surface area (Å²) in [6, 6.07) is 15.4. The molecule has 112 valence electrons. The van der Waals surface area contributed by atoms with Crippen molar-refractivity contribution < 1.29 is 14.6 Å². The Labute approximate surface area is 126 Å². The van der Waals surface area contributed by atoms with E-state index in [1.165, 1.54) is 0 Å². The van der Waals surface area contributed by atoms with Gasteiger partial charge in [-0.1, -0.05) is 31.2 Å². The standard InChI is InChI=1S/C18H22O3/c1-3-11-21-16-9-7-15(8-10-16)18(19)13-14-5-4-6-17(12-14)20-2/h4-10,12,18-19H,3,11,13H2,1-2H3. The van der Waals surface area contributed by atoms with E-state index in [2.05, 4.69) is 6.92 Å². The van der Waals surface area contributed by atoms with Crippen LogP contribution in [-0.2, 0) is 6.42 Å². The van der Waals surface area contributed by atoms with Gasteiger partial charge in [-0.3, -0.25) is 0 Å². The number of rotatable bonds is 7. The van der Waals surface area contributed by atoms with Gasteiger partial charge in [0, 0.05) is 6.42 Å². The first-order valence-corrected chi connectivity index (χ1v) is 7.26. The highest BCUT2D eigenvalue weighted by Gasteiger charge is 2.09. The largest absolute Gasteiger partial charge is 0.497 e. The fourth-order valence-corrected chi connectivity index (χ4v) is 2.15. The van der Waals surface area contributed by atoms with Gasteiger partial charge in [0.05, 0.1) is 19.8 Å². The van der Waals surface area contributed by atoms with Crippen LogP contribution in [0, 0.1) is 0 Å². The first kappa shape index (κ1) is 15.4. The molecular formula is C18H22O3. The molecule has 2 aromatic carbocycles. The number of aliphatic hydroxyl groups is 1. The van der Waals surface area contributed by atoms with Crippen LogP contribution in [0.1, 0.15) is 30.6 Å². The molecule has 1 N–H and O–H groups in total. The van der Waals surface area contributed by atoms with E-state index in [0.717, 1.165) is 29.0 Å². The zero-order valence-electron chi connectivity index (χ0n) is 12.6. The highest BCUT2D eigenvalue weighted by Crippen LogP contribution is 2.23. The molecule has 0 saturated heterocycles. The van der Waals surface area contributed by atoms with Gasteiger partial charge < -0.3 is 14.6 Å². The van der Waals surface area contributed by atoms with E-state index in [4.69, 9.17) is 9.47 Å². The molecule has 2 rings (SSSR count). The van der Waals surface area contributed by atoms with E-state index >= 15 is 0 Å². The third-order valence-electron chi connectivity index (χ3n) is 3.30. The van der Waals surface area contributed by atoms with Crippen LogP contribution in [0.25, 0.3) is 0 Å². The van der Waals surface area contributed by atoms with Crippen molar-refractivity contribution in [3.8, 4) is 11.5 Å². The molecule has 0 aliphatic carbocycles. The summed E-state index contributed by atoms with van der Waals surface area (Å²) in [6.07, 6.45) is 1.02. The summed E-state index contributed by atoms with van der Waals surface area (Å²) < 4.78 is 10.7. The molecule has 21 heavy (non-hydrogen) atoms. The van der Waals surface area contributed by atoms with Crippen molar-refractivity contribution in [1.29, 1.82) is 0 Å². The molecule has 0 radical (unpaired) electrons. The number of benzene rings is 2. The second-order valence-electron chi connectivity index (χ2n) is 4.99. The first-order valence-electron chi connectivity index (χ1n) is 7.26. The van der Waals surface area contributed by atoms with Gasteiger partial charge in [-0.15, -0.1) is 0 Å². The minimum atomic E-state index is -0.530.